The van der Waals surface area contributed by atoms with Gasteiger partial charge in [-0.05, 0) is 27.2 Å². The molecule has 80 valence electrons. The van der Waals surface area contributed by atoms with Crippen LogP contribution in [0.1, 0.15) is 40.5 Å². The number of ether oxygens (including phenoxy) is 1. The Labute approximate surface area is 85.1 Å². The first kappa shape index (κ1) is 12.9. The molecule has 0 radical (unpaired) electrons. The van der Waals surface area contributed by atoms with Crippen LogP contribution in [0.2, 0.25) is 0 Å². The van der Waals surface area contributed by atoms with Crippen LogP contribution < -0.4 is 0 Å². The Bertz CT molecular complexity index is 246. The largest absolute Gasteiger partial charge is 0.456 e. The molecular weight excluding hydrogens is 180 g/mol. The van der Waals surface area contributed by atoms with Gasteiger partial charge in [-0.2, -0.15) is 0 Å². The zero-order chi connectivity index (χ0) is 11.4. The maximum absolute atomic E-state index is 11.3. The van der Waals surface area contributed by atoms with E-state index in [9.17, 15) is 9.59 Å². The van der Waals surface area contributed by atoms with E-state index in [2.05, 4.69) is 6.58 Å². The van der Waals surface area contributed by atoms with Gasteiger partial charge in [0.2, 0.25) is 0 Å². The maximum atomic E-state index is 11.3. The van der Waals surface area contributed by atoms with E-state index in [-0.39, 0.29) is 11.4 Å². The number of hydrogen-bond donors (Lipinski definition) is 0. The van der Waals surface area contributed by atoms with Crippen LogP contribution in [0.25, 0.3) is 0 Å². The fourth-order valence-corrected chi connectivity index (χ4v) is 0.831. The molecule has 3 heteroatoms. The van der Waals surface area contributed by atoms with E-state index in [1.165, 1.54) is 0 Å². The lowest BCUT2D eigenvalue weighted by Gasteiger charge is -2.19. The Morgan fingerprint density at radius 3 is 2.14 bits per heavy atom. The summed E-state index contributed by atoms with van der Waals surface area (Å²) in [6.45, 7) is 10.6. The summed E-state index contributed by atoms with van der Waals surface area (Å²) in [5.74, 6) is -0.849. The highest BCUT2D eigenvalue weighted by Gasteiger charge is 2.22. The summed E-state index contributed by atoms with van der Waals surface area (Å²) in [6.07, 6.45) is 1.05. The van der Waals surface area contributed by atoms with Crippen LogP contribution in [0, 0.1) is 0 Å². The van der Waals surface area contributed by atoms with Crippen molar-refractivity contribution in [3.8, 4) is 0 Å². The van der Waals surface area contributed by atoms with Gasteiger partial charge in [0, 0.05) is 6.42 Å². The van der Waals surface area contributed by atoms with Crippen molar-refractivity contribution >= 4 is 11.8 Å². The van der Waals surface area contributed by atoms with E-state index in [1.54, 1.807) is 20.8 Å². The van der Waals surface area contributed by atoms with Crippen LogP contribution in [0.15, 0.2) is 12.2 Å². The van der Waals surface area contributed by atoms with Gasteiger partial charge in [0.05, 0.1) is 5.57 Å². The van der Waals surface area contributed by atoms with E-state index in [1.807, 2.05) is 6.92 Å². The zero-order valence-electron chi connectivity index (χ0n) is 9.35. The van der Waals surface area contributed by atoms with Gasteiger partial charge in [0.25, 0.3) is 0 Å². The minimum absolute atomic E-state index is 0.0539. The van der Waals surface area contributed by atoms with Crippen molar-refractivity contribution in [1.82, 2.24) is 0 Å². The molecule has 0 bridgehead atoms. The lowest BCUT2D eigenvalue weighted by atomic mass is 10.1. The fourth-order valence-electron chi connectivity index (χ4n) is 0.831. The highest BCUT2D eigenvalue weighted by Crippen LogP contribution is 2.11. The van der Waals surface area contributed by atoms with Crippen molar-refractivity contribution in [3.63, 3.8) is 0 Å². The summed E-state index contributed by atoms with van der Waals surface area (Å²) in [5.41, 5.74) is -0.631. The number of hydrogen-bond acceptors (Lipinski definition) is 3. The second-order valence-corrected chi connectivity index (χ2v) is 4.15. The normalized spacial score (nSPS) is 10.9. The van der Waals surface area contributed by atoms with Crippen LogP contribution in [0.3, 0.4) is 0 Å². The second-order valence-electron chi connectivity index (χ2n) is 4.15. The molecule has 0 aromatic carbocycles. The van der Waals surface area contributed by atoms with Crippen molar-refractivity contribution in [2.24, 2.45) is 0 Å². The summed E-state index contributed by atoms with van der Waals surface area (Å²) in [4.78, 5) is 22.6. The molecule has 0 aliphatic rings. The maximum Gasteiger partial charge on any atom is 0.341 e. The van der Waals surface area contributed by atoms with Crippen molar-refractivity contribution in [2.75, 3.05) is 0 Å². The molecular formula is C11H18O3. The van der Waals surface area contributed by atoms with Gasteiger partial charge in [-0.15, -0.1) is 0 Å². The fraction of sp³-hybridized carbons (Fsp3) is 0.636. The summed E-state index contributed by atoms with van der Waals surface area (Å²) in [5, 5.41) is 0. The number of ketones is 1. The van der Waals surface area contributed by atoms with E-state index in [0.717, 1.165) is 0 Å². The molecule has 0 fully saturated rings. The Kier molecular flexibility index (Phi) is 4.54. The van der Waals surface area contributed by atoms with Gasteiger partial charge in [-0.3, -0.25) is 4.79 Å². The van der Waals surface area contributed by atoms with E-state index < -0.39 is 11.6 Å². The Morgan fingerprint density at radius 2 is 1.79 bits per heavy atom. The number of Topliss-reactive ketones (excluding diaryl/α,β-unsaturated/α-hetero) is 1. The summed E-state index contributed by atoms with van der Waals surface area (Å²) in [6, 6.07) is 0. The van der Waals surface area contributed by atoms with Crippen molar-refractivity contribution in [2.45, 2.75) is 46.1 Å². The molecule has 0 atom stereocenters. The van der Waals surface area contributed by atoms with E-state index >= 15 is 0 Å². The molecule has 3 nitrogen and oxygen atoms in total. The second kappa shape index (κ2) is 4.94. The third-order valence-electron chi connectivity index (χ3n) is 1.46. The molecule has 0 saturated carbocycles. The van der Waals surface area contributed by atoms with Crippen LogP contribution in [-0.4, -0.2) is 17.4 Å². The third kappa shape index (κ3) is 4.80. The first-order valence-electron chi connectivity index (χ1n) is 4.73. The van der Waals surface area contributed by atoms with Crippen molar-refractivity contribution < 1.29 is 14.3 Å². The average molecular weight is 198 g/mol. The van der Waals surface area contributed by atoms with Gasteiger partial charge in [-0.25, -0.2) is 4.79 Å². The van der Waals surface area contributed by atoms with Crippen molar-refractivity contribution in [3.05, 3.63) is 12.2 Å². The van der Waals surface area contributed by atoms with Crippen molar-refractivity contribution in [1.29, 1.82) is 0 Å². The number of carbonyl (C=O) groups excluding carboxylic acids is 2. The Balaban J connectivity index is 4.27. The SMILES string of the molecule is C=C(C(=O)CCC)C(=O)OC(C)(C)C. The highest BCUT2D eigenvalue weighted by molar-refractivity contribution is 6.16. The molecule has 0 aromatic rings. The van der Waals surface area contributed by atoms with Gasteiger partial charge >= 0.3 is 5.97 Å². The predicted molar refractivity (Wildman–Crippen MR) is 54.9 cm³/mol. The van der Waals surface area contributed by atoms with Crippen LogP contribution in [0.4, 0.5) is 0 Å². The number of esters is 1. The molecule has 0 aliphatic heterocycles. The topological polar surface area (TPSA) is 43.4 Å². The number of carbonyl (C=O) groups is 2. The standard InChI is InChI=1S/C11H18O3/c1-6-7-9(12)8(2)10(13)14-11(3,4)5/h2,6-7H2,1,3-5H3. The van der Waals surface area contributed by atoms with Gasteiger partial charge in [-0.1, -0.05) is 13.5 Å². The summed E-state index contributed by atoms with van der Waals surface area (Å²) in [7, 11) is 0. The van der Waals surface area contributed by atoms with Crippen LogP contribution in [0.5, 0.6) is 0 Å². The first-order chi connectivity index (χ1) is 6.28. The lowest BCUT2D eigenvalue weighted by Crippen LogP contribution is -2.26. The highest BCUT2D eigenvalue weighted by atomic mass is 16.6. The van der Waals surface area contributed by atoms with Crippen LogP contribution >= 0.6 is 0 Å². The molecule has 0 spiro atoms. The minimum atomic E-state index is -0.615. The predicted octanol–water partition coefficient (Wildman–Crippen LogP) is 2.25. The van der Waals surface area contributed by atoms with E-state index in [0.29, 0.717) is 12.8 Å². The summed E-state index contributed by atoms with van der Waals surface area (Å²) >= 11 is 0. The molecule has 0 amide bonds. The summed E-state index contributed by atoms with van der Waals surface area (Å²) < 4.78 is 5.01. The van der Waals surface area contributed by atoms with Gasteiger partial charge in [0.15, 0.2) is 5.78 Å². The molecule has 0 N–H and O–H groups in total. The molecule has 0 rings (SSSR count). The smallest absolute Gasteiger partial charge is 0.341 e. The molecule has 0 aromatic heterocycles. The molecule has 0 heterocycles. The minimum Gasteiger partial charge on any atom is -0.456 e. The third-order valence-corrected chi connectivity index (χ3v) is 1.46. The molecule has 0 aliphatic carbocycles. The average Bonchev–Trinajstić information content (AvgIpc) is 2.00. The zero-order valence-corrected chi connectivity index (χ0v) is 9.35. The monoisotopic (exact) mass is 198 g/mol. The number of rotatable bonds is 4. The molecule has 0 saturated heterocycles. The lowest BCUT2D eigenvalue weighted by molar-refractivity contribution is -0.150. The molecule has 14 heavy (non-hydrogen) atoms. The van der Waals surface area contributed by atoms with Gasteiger partial charge in [0.1, 0.15) is 5.60 Å². The Morgan fingerprint density at radius 1 is 1.29 bits per heavy atom. The molecule has 0 unspecified atom stereocenters. The Hall–Kier alpha value is -1.12. The van der Waals surface area contributed by atoms with Gasteiger partial charge < -0.3 is 4.74 Å². The quantitative estimate of drug-likeness (QED) is 0.301. The van der Waals surface area contributed by atoms with Crippen LogP contribution in [-0.2, 0) is 14.3 Å². The van der Waals surface area contributed by atoms with E-state index in [4.69, 9.17) is 4.74 Å². The first-order valence-corrected chi connectivity index (χ1v) is 4.73.